The first-order valence-electron chi connectivity index (χ1n) is 6.84. The van der Waals surface area contributed by atoms with Crippen molar-refractivity contribution in [1.29, 1.82) is 0 Å². The van der Waals surface area contributed by atoms with E-state index >= 15 is 0 Å². The van der Waals surface area contributed by atoms with E-state index in [9.17, 15) is 0 Å². The van der Waals surface area contributed by atoms with Gasteiger partial charge in [-0.3, -0.25) is 0 Å². The van der Waals surface area contributed by atoms with E-state index in [1.807, 2.05) is 0 Å². The van der Waals surface area contributed by atoms with E-state index in [4.69, 9.17) is 4.74 Å². The molecular weight excluding hydrogens is 198 g/mol. The maximum Gasteiger partial charge on any atom is 0.0547 e. The third kappa shape index (κ3) is 8.12. The van der Waals surface area contributed by atoms with Gasteiger partial charge in [0.25, 0.3) is 0 Å². The second-order valence-electron chi connectivity index (χ2n) is 6.23. The maximum atomic E-state index is 5.80. The van der Waals surface area contributed by atoms with Gasteiger partial charge in [0.1, 0.15) is 0 Å². The molecule has 2 nitrogen and oxygen atoms in total. The average Bonchev–Trinajstić information content (AvgIpc) is 2.95. The molecule has 1 aliphatic carbocycles. The van der Waals surface area contributed by atoms with Gasteiger partial charge in [0.05, 0.1) is 6.10 Å². The molecule has 1 atom stereocenters. The number of hydrogen-bond acceptors (Lipinski definition) is 2. The lowest BCUT2D eigenvalue weighted by atomic mass is 10.1. The molecule has 0 aliphatic heterocycles. The van der Waals surface area contributed by atoms with Crippen molar-refractivity contribution in [3.8, 4) is 0 Å². The highest BCUT2D eigenvalue weighted by Crippen LogP contribution is 2.32. The SMILES string of the molecule is CC(CCCNC(C)(C)C)OCCC1CC1. The fourth-order valence-electron chi connectivity index (χ4n) is 1.78. The van der Waals surface area contributed by atoms with Crippen molar-refractivity contribution in [3.05, 3.63) is 0 Å². The van der Waals surface area contributed by atoms with Gasteiger partial charge in [-0.1, -0.05) is 12.8 Å². The highest BCUT2D eigenvalue weighted by molar-refractivity contribution is 4.72. The van der Waals surface area contributed by atoms with Crippen molar-refractivity contribution in [3.63, 3.8) is 0 Å². The topological polar surface area (TPSA) is 21.3 Å². The van der Waals surface area contributed by atoms with E-state index in [1.165, 1.54) is 32.1 Å². The van der Waals surface area contributed by atoms with Crippen molar-refractivity contribution >= 4 is 0 Å². The predicted molar refractivity (Wildman–Crippen MR) is 69.7 cm³/mol. The van der Waals surface area contributed by atoms with Crippen molar-refractivity contribution in [2.75, 3.05) is 13.2 Å². The maximum absolute atomic E-state index is 5.80. The van der Waals surface area contributed by atoms with Gasteiger partial charge >= 0.3 is 0 Å². The Morgan fingerprint density at radius 1 is 1.31 bits per heavy atom. The van der Waals surface area contributed by atoms with Crippen LogP contribution in [0, 0.1) is 5.92 Å². The minimum absolute atomic E-state index is 0.246. The van der Waals surface area contributed by atoms with Gasteiger partial charge in [-0.05, 0) is 59.4 Å². The van der Waals surface area contributed by atoms with Crippen LogP contribution >= 0.6 is 0 Å². The lowest BCUT2D eigenvalue weighted by Gasteiger charge is -2.21. The number of hydrogen-bond donors (Lipinski definition) is 1. The van der Waals surface area contributed by atoms with Crippen LogP contribution in [-0.4, -0.2) is 24.8 Å². The minimum atomic E-state index is 0.246. The quantitative estimate of drug-likeness (QED) is 0.642. The van der Waals surface area contributed by atoms with Crippen molar-refractivity contribution < 1.29 is 4.74 Å². The molecule has 0 saturated heterocycles. The molecule has 1 N–H and O–H groups in total. The van der Waals surface area contributed by atoms with Gasteiger partial charge < -0.3 is 10.1 Å². The highest BCUT2D eigenvalue weighted by atomic mass is 16.5. The Kier molecular flexibility index (Phi) is 5.77. The van der Waals surface area contributed by atoms with E-state index < -0.39 is 0 Å². The number of nitrogens with one attached hydrogen (secondary N) is 1. The van der Waals surface area contributed by atoms with Crippen LogP contribution in [0.2, 0.25) is 0 Å². The van der Waals surface area contributed by atoms with Crippen LogP contribution in [0.4, 0.5) is 0 Å². The van der Waals surface area contributed by atoms with E-state index in [0.29, 0.717) is 6.10 Å². The monoisotopic (exact) mass is 227 g/mol. The first-order valence-corrected chi connectivity index (χ1v) is 6.84. The molecule has 1 unspecified atom stereocenters. The van der Waals surface area contributed by atoms with Crippen molar-refractivity contribution in [2.24, 2.45) is 5.92 Å². The molecule has 0 aromatic carbocycles. The molecule has 0 amide bonds. The molecule has 0 aromatic heterocycles. The third-order valence-corrected chi connectivity index (χ3v) is 3.07. The molecular formula is C14H29NO. The standard InChI is InChI=1S/C14H29NO/c1-12(16-11-9-13-7-8-13)6-5-10-15-14(2,3)4/h12-13,15H,5-11H2,1-4H3. The van der Waals surface area contributed by atoms with Crippen LogP contribution in [0.5, 0.6) is 0 Å². The minimum Gasteiger partial charge on any atom is -0.378 e. The third-order valence-electron chi connectivity index (χ3n) is 3.07. The molecule has 1 saturated carbocycles. The summed E-state index contributed by atoms with van der Waals surface area (Å²) < 4.78 is 5.80. The van der Waals surface area contributed by atoms with Gasteiger partial charge in [0, 0.05) is 12.1 Å². The number of ether oxygens (including phenoxy) is 1. The fraction of sp³-hybridized carbons (Fsp3) is 1.00. The van der Waals surface area contributed by atoms with E-state index in [1.54, 1.807) is 0 Å². The number of rotatable bonds is 8. The van der Waals surface area contributed by atoms with Gasteiger partial charge in [-0.25, -0.2) is 0 Å². The normalized spacial score (nSPS) is 18.8. The molecule has 0 spiro atoms. The summed E-state index contributed by atoms with van der Waals surface area (Å²) in [6, 6.07) is 0. The van der Waals surface area contributed by atoms with E-state index in [-0.39, 0.29) is 5.54 Å². The second kappa shape index (κ2) is 6.61. The Morgan fingerprint density at radius 3 is 2.56 bits per heavy atom. The Labute approximate surface area is 101 Å². The molecule has 0 heterocycles. The first kappa shape index (κ1) is 14.0. The summed E-state index contributed by atoms with van der Waals surface area (Å²) >= 11 is 0. The molecule has 16 heavy (non-hydrogen) atoms. The second-order valence-corrected chi connectivity index (χ2v) is 6.23. The molecule has 1 fully saturated rings. The largest absolute Gasteiger partial charge is 0.378 e. The average molecular weight is 227 g/mol. The van der Waals surface area contributed by atoms with E-state index in [0.717, 1.165) is 19.1 Å². The van der Waals surface area contributed by atoms with Crippen molar-refractivity contribution in [2.45, 2.75) is 71.4 Å². The molecule has 0 bridgehead atoms. The first-order chi connectivity index (χ1) is 7.47. The fourth-order valence-corrected chi connectivity index (χ4v) is 1.78. The summed E-state index contributed by atoms with van der Waals surface area (Å²) in [5.74, 6) is 0.995. The Morgan fingerprint density at radius 2 is 2.00 bits per heavy atom. The van der Waals surface area contributed by atoms with Crippen LogP contribution in [0.1, 0.15) is 59.8 Å². The summed E-state index contributed by atoms with van der Waals surface area (Å²) in [7, 11) is 0. The van der Waals surface area contributed by atoms with Gasteiger partial charge in [-0.2, -0.15) is 0 Å². The molecule has 0 aromatic rings. The summed E-state index contributed by atoms with van der Waals surface area (Å²) in [6.45, 7) is 10.9. The Hall–Kier alpha value is -0.0800. The Balaban J connectivity index is 1.86. The summed E-state index contributed by atoms with van der Waals surface area (Å²) in [5, 5.41) is 3.51. The zero-order chi connectivity index (χ0) is 12.0. The summed E-state index contributed by atoms with van der Waals surface area (Å²) in [5.41, 5.74) is 0.246. The van der Waals surface area contributed by atoms with Gasteiger partial charge in [0.15, 0.2) is 0 Å². The Bertz CT molecular complexity index is 182. The van der Waals surface area contributed by atoms with Crippen LogP contribution < -0.4 is 5.32 Å². The van der Waals surface area contributed by atoms with E-state index in [2.05, 4.69) is 33.0 Å². The van der Waals surface area contributed by atoms with Crippen LogP contribution in [0.15, 0.2) is 0 Å². The molecule has 2 heteroatoms. The molecule has 1 aliphatic rings. The predicted octanol–water partition coefficient (Wildman–Crippen LogP) is 3.36. The summed E-state index contributed by atoms with van der Waals surface area (Å²) in [4.78, 5) is 0. The molecule has 0 radical (unpaired) electrons. The zero-order valence-electron chi connectivity index (χ0n) is 11.5. The van der Waals surface area contributed by atoms with Crippen LogP contribution in [0.3, 0.4) is 0 Å². The van der Waals surface area contributed by atoms with Crippen molar-refractivity contribution in [1.82, 2.24) is 5.32 Å². The zero-order valence-corrected chi connectivity index (χ0v) is 11.5. The summed E-state index contributed by atoms with van der Waals surface area (Å²) in [6.07, 6.45) is 6.97. The van der Waals surface area contributed by atoms with Crippen LogP contribution in [-0.2, 0) is 4.74 Å². The van der Waals surface area contributed by atoms with Gasteiger partial charge in [0.2, 0.25) is 0 Å². The highest BCUT2D eigenvalue weighted by Gasteiger charge is 2.20. The molecule has 96 valence electrons. The smallest absolute Gasteiger partial charge is 0.0547 e. The van der Waals surface area contributed by atoms with Gasteiger partial charge in [-0.15, -0.1) is 0 Å². The lowest BCUT2D eigenvalue weighted by molar-refractivity contribution is 0.0547. The molecule has 1 rings (SSSR count). The lowest BCUT2D eigenvalue weighted by Crippen LogP contribution is -2.36. The van der Waals surface area contributed by atoms with Crippen LogP contribution in [0.25, 0.3) is 0 Å².